The number of benzene rings is 1. The molecule has 0 bridgehead atoms. The molecule has 5 rings (SSSR count). The maximum absolute atomic E-state index is 10.3. The largest absolute Gasteiger partial charge is 0.493 e. The van der Waals surface area contributed by atoms with Crippen LogP contribution in [0, 0.1) is 34.5 Å². The smallest absolute Gasteiger partial charge is 0.203 e. The van der Waals surface area contributed by atoms with Crippen molar-refractivity contribution in [1.82, 2.24) is 0 Å². The van der Waals surface area contributed by atoms with E-state index in [-0.39, 0.29) is 11.5 Å². The maximum atomic E-state index is 10.3. The van der Waals surface area contributed by atoms with Crippen molar-refractivity contribution in [2.24, 2.45) is 39.7 Å². The number of ether oxygens (including phenoxy) is 3. The van der Waals surface area contributed by atoms with Gasteiger partial charge in [-0.25, -0.2) is 0 Å². The Morgan fingerprint density at radius 1 is 0.943 bits per heavy atom. The van der Waals surface area contributed by atoms with Crippen LogP contribution in [0.3, 0.4) is 0 Å². The molecule has 0 amide bonds. The van der Waals surface area contributed by atoms with Gasteiger partial charge in [-0.2, -0.15) is 0 Å². The van der Waals surface area contributed by atoms with E-state index < -0.39 is 0 Å². The summed E-state index contributed by atoms with van der Waals surface area (Å²) in [4.78, 5) is 0. The molecule has 4 saturated carbocycles. The Hall–Kier alpha value is -2.21. The summed E-state index contributed by atoms with van der Waals surface area (Å²) in [6.45, 7) is 4.82. The highest BCUT2D eigenvalue weighted by Gasteiger charge is 2.60. The van der Waals surface area contributed by atoms with Gasteiger partial charge in [0.25, 0.3) is 0 Å². The van der Waals surface area contributed by atoms with Crippen LogP contribution in [-0.4, -0.2) is 43.5 Å². The van der Waals surface area contributed by atoms with Crippen molar-refractivity contribution in [2.45, 2.75) is 71.3 Å². The van der Waals surface area contributed by atoms with Crippen molar-refractivity contribution in [2.75, 3.05) is 21.3 Å². The second-order valence-corrected chi connectivity index (χ2v) is 11.8. The lowest BCUT2D eigenvalue weighted by Gasteiger charge is -2.60. The van der Waals surface area contributed by atoms with Crippen molar-refractivity contribution < 1.29 is 24.5 Å². The highest BCUT2D eigenvalue weighted by Crippen LogP contribution is 2.66. The van der Waals surface area contributed by atoms with Crippen LogP contribution >= 0.6 is 0 Å². The number of aliphatic hydroxyl groups is 1. The summed E-state index contributed by atoms with van der Waals surface area (Å²) in [5.74, 6) is 4.25. The Balaban J connectivity index is 1.49. The molecule has 2 N–H and O–H groups in total. The SMILES string of the molecule is COc1cc(C=C2CC3C4CC[C@H]5C[C@@H](O)CC[C@]5(C)C4CC[C@]3(C)C2=NO)cc(OC)c1OC. The first-order valence-corrected chi connectivity index (χ1v) is 13.2. The van der Waals surface area contributed by atoms with Crippen LogP contribution in [0.25, 0.3) is 6.08 Å². The van der Waals surface area contributed by atoms with Crippen LogP contribution in [0.1, 0.15) is 70.8 Å². The lowest BCUT2D eigenvalue weighted by Crippen LogP contribution is -2.54. The van der Waals surface area contributed by atoms with E-state index in [0.717, 1.165) is 49.0 Å². The number of hydrogen-bond donors (Lipinski definition) is 2. The van der Waals surface area contributed by atoms with E-state index in [9.17, 15) is 10.3 Å². The molecule has 1 aromatic rings. The molecule has 0 saturated heterocycles. The van der Waals surface area contributed by atoms with E-state index in [1.165, 1.54) is 19.3 Å². The van der Waals surface area contributed by atoms with Gasteiger partial charge < -0.3 is 24.5 Å². The topological polar surface area (TPSA) is 80.5 Å². The van der Waals surface area contributed by atoms with Gasteiger partial charge in [-0.15, -0.1) is 0 Å². The van der Waals surface area contributed by atoms with Gasteiger partial charge in [0.2, 0.25) is 5.75 Å². The molecule has 0 heterocycles. The van der Waals surface area contributed by atoms with E-state index in [1.807, 2.05) is 12.1 Å². The fourth-order valence-corrected chi connectivity index (χ4v) is 8.62. The Morgan fingerprint density at radius 2 is 1.66 bits per heavy atom. The van der Waals surface area contributed by atoms with Crippen molar-refractivity contribution in [3.8, 4) is 17.2 Å². The molecule has 7 atom stereocenters. The highest BCUT2D eigenvalue weighted by atomic mass is 16.5. The molecular formula is C29H41NO5. The average molecular weight is 484 g/mol. The number of nitrogens with zero attached hydrogens (tertiary/aromatic N) is 1. The van der Waals surface area contributed by atoms with Crippen LogP contribution in [0.5, 0.6) is 17.2 Å². The summed E-state index contributed by atoms with van der Waals surface area (Å²) in [5, 5.41) is 24.5. The predicted molar refractivity (Wildman–Crippen MR) is 136 cm³/mol. The van der Waals surface area contributed by atoms with E-state index >= 15 is 0 Å². The molecule has 1 aromatic carbocycles. The molecule has 4 aliphatic rings. The number of fused-ring (bicyclic) bond motifs is 5. The Kier molecular flexibility index (Phi) is 6.31. The van der Waals surface area contributed by atoms with Crippen LogP contribution in [0.4, 0.5) is 0 Å². The van der Waals surface area contributed by atoms with Gasteiger partial charge in [-0.1, -0.05) is 19.0 Å². The van der Waals surface area contributed by atoms with Gasteiger partial charge in [-0.3, -0.25) is 0 Å². The summed E-state index contributed by atoms with van der Waals surface area (Å²) < 4.78 is 16.6. The summed E-state index contributed by atoms with van der Waals surface area (Å²) in [6, 6.07) is 3.91. The zero-order valence-electron chi connectivity index (χ0n) is 21.8. The van der Waals surface area contributed by atoms with E-state index in [4.69, 9.17) is 14.2 Å². The Labute approximate surface area is 209 Å². The first kappa shape index (κ1) is 24.5. The average Bonchev–Trinajstić information content (AvgIpc) is 3.14. The summed E-state index contributed by atoms with van der Waals surface area (Å²) in [6.07, 6.45) is 10.6. The standard InChI is InChI=1S/C29H41NO5/c1-28-10-8-20(31)16-19(28)6-7-21-22(28)9-11-29(2)23(21)15-18(27(29)30-32)12-17-13-24(33-3)26(35-5)25(14-17)34-4/h12-14,19-23,31-32H,6-11,15-16H2,1-5H3/t19-,20-,21?,22?,23?,28-,29-/m0/s1. The van der Waals surface area contributed by atoms with Crippen LogP contribution in [0.15, 0.2) is 22.9 Å². The van der Waals surface area contributed by atoms with Gasteiger partial charge >= 0.3 is 0 Å². The number of hydrogen-bond acceptors (Lipinski definition) is 6. The van der Waals surface area contributed by atoms with Crippen molar-refractivity contribution in [3.05, 3.63) is 23.3 Å². The minimum atomic E-state index is -0.119. The molecule has 4 fully saturated rings. The molecule has 4 aliphatic carbocycles. The summed E-state index contributed by atoms with van der Waals surface area (Å²) in [7, 11) is 4.86. The second kappa shape index (κ2) is 9.02. The zero-order chi connectivity index (χ0) is 25.0. The third-order valence-electron chi connectivity index (χ3n) is 10.4. The molecule has 192 valence electrons. The summed E-state index contributed by atoms with van der Waals surface area (Å²) >= 11 is 0. The fourth-order valence-electron chi connectivity index (χ4n) is 8.62. The lowest BCUT2D eigenvalue weighted by atomic mass is 9.45. The maximum Gasteiger partial charge on any atom is 0.203 e. The molecule has 0 aromatic heterocycles. The quantitative estimate of drug-likeness (QED) is 0.409. The molecule has 6 heteroatoms. The van der Waals surface area contributed by atoms with E-state index in [0.29, 0.717) is 46.3 Å². The van der Waals surface area contributed by atoms with Gasteiger partial charge in [0.15, 0.2) is 11.5 Å². The van der Waals surface area contributed by atoms with E-state index in [1.54, 1.807) is 21.3 Å². The first-order valence-electron chi connectivity index (χ1n) is 13.2. The Bertz CT molecular complexity index is 1010. The van der Waals surface area contributed by atoms with Crippen molar-refractivity contribution >= 4 is 11.8 Å². The van der Waals surface area contributed by atoms with E-state index in [2.05, 4.69) is 25.1 Å². The molecule has 6 nitrogen and oxygen atoms in total. The molecule has 35 heavy (non-hydrogen) atoms. The minimum Gasteiger partial charge on any atom is -0.493 e. The van der Waals surface area contributed by atoms with Gasteiger partial charge in [-0.05, 0) is 110 Å². The third kappa shape index (κ3) is 3.75. The molecule has 0 aliphatic heterocycles. The van der Waals surface area contributed by atoms with Gasteiger partial charge in [0.1, 0.15) is 0 Å². The second-order valence-electron chi connectivity index (χ2n) is 11.8. The number of oxime groups is 1. The normalized spacial score (nSPS) is 40.7. The highest BCUT2D eigenvalue weighted by molar-refractivity contribution is 6.09. The van der Waals surface area contributed by atoms with Crippen LogP contribution < -0.4 is 14.2 Å². The molecule has 3 unspecified atom stereocenters. The number of allylic oxidation sites excluding steroid dienone is 1. The third-order valence-corrected chi connectivity index (χ3v) is 10.4. The molecule has 0 radical (unpaired) electrons. The molecule has 0 spiro atoms. The molecular weight excluding hydrogens is 442 g/mol. The van der Waals surface area contributed by atoms with Gasteiger partial charge in [0, 0.05) is 5.41 Å². The zero-order valence-corrected chi connectivity index (χ0v) is 21.8. The lowest BCUT2D eigenvalue weighted by molar-refractivity contribution is -0.113. The predicted octanol–water partition coefficient (Wildman–Crippen LogP) is 5.94. The van der Waals surface area contributed by atoms with Crippen LogP contribution in [0.2, 0.25) is 0 Å². The fraction of sp³-hybridized carbons (Fsp3) is 0.690. The van der Waals surface area contributed by atoms with Crippen molar-refractivity contribution in [3.63, 3.8) is 0 Å². The summed E-state index contributed by atoms with van der Waals surface area (Å²) in [5.41, 5.74) is 3.12. The van der Waals surface area contributed by atoms with Crippen LogP contribution in [-0.2, 0) is 0 Å². The Morgan fingerprint density at radius 3 is 2.29 bits per heavy atom. The minimum absolute atomic E-state index is 0.111. The number of rotatable bonds is 4. The monoisotopic (exact) mass is 483 g/mol. The number of methoxy groups -OCH3 is 3. The van der Waals surface area contributed by atoms with Gasteiger partial charge in [0.05, 0.1) is 33.1 Å². The number of aliphatic hydroxyl groups excluding tert-OH is 1. The van der Waals surface area contributed by atoms with Crippen molar-refractivity contribution in [1.29, 1.82) is 0 Å². The first-order chi connectivity index (χ1) is 16.8.